The highest BCUT2D eigenvalue weighted by Gasteiger charge is 2.50. The summed E-state index contributed by atoms with van der Waals surface area (Å²) in [4.78, 5) is 20.1. The van der Waals surface area contributed by atoms with Crippen LogP contribution in [0.1, 0.15) is 31.9 Å². The van der Waals surface area contributed by atoms with Gasteiger partial charge in [0.2, 0.25) is 10.0 Å². The number of anilines is 1. The van der Waals surface area contributed by atoms with Gasteiger partial charge in [-0.2, -0.15) is 4.31 Å². The quantitative estimate of drug-likeness (QED) is 0.429. The summed E-state index contributed by atoms with van der Waals surface area (Å²) in [6, 6.07) is 15.9. The molecule has 10 heteroatoms. The van der Waals surface area contributed by atoms with Gasteiger partial charge < -0.3 is 15.4 Å². The molecule has 6 rings (SSSR count). The Labute approximate surface area is 236 Å². The molecule has 40 heavy (non-hydrogen) atoms. The molecule has 3 atom stereocenters. The van der Waals surface area contributed by atoms with E-state index in [1.54, 1.807) is 11.2 Å². The SMILES string of the molecule is CCS(=O)(=O)N1CCCC1C1CC1NC(=O)Nc1ccc(-c2ccc(CN3CCOCC3)nc2)c2ccccc12. The summed E-state index contributed by atoms with van der Waals surface area (Å²) < 4.78 is 32.1. The van der Waals surface area contributed by atoms with Gasteiger partial charge in [-0.3, -0.25) is 9.88 Å². The number of hydrogen-bond acceptors (Lipinski definition) is 6. The average Bonchev–Trinajstić information content (AvgIpc) is 3.53. The Bertz CT molecular complexity index is 1470. The number of hydrogen-bond donors (Lipinski definition) is 2. The highest BCUT2D eigenvalue weighted by molar-refractivity contribution is 7.89. The van der Waals surface area contributed by atoms with Crippen molar-refractivity contribution < 1.29 is 17.9 Å². The number of nitrogens with one attached hydrogen (secondary N) is 2. The molecular weight excluding hydrogens is 526 g/mol. The number of benzene rings is 2. The Morgan fingerprint density at radius 2 is 1.85 bits per heavy atom. The second kappa shape index (κ2) is 11.4. The summed E-state index contributed by atoms with van der Waals surface area (Å²) >= 11 is 0. The normalized spacial score (nSPS) is 23.8. The zero-order chi connectivity index (χ0) is 27.7. The van der Waals surface area contributed by atoms with E-state index in [0.29, 0.717) is 6.54 Å². The Kier molecular flexibility index (Phi) is 7.76. The van der Waals surface area contributed by atoms with Gasteiger partial charge in [-0.25, -0.2) is 13.2 Å². The Morgan fingerprint density at radius 3 is 2.60 bits per heavy atom. The van der Waals surface area contributed by atoms with Crippen LogP contribution in [0.25, 0.3) is 21.9 Å². The summed E-state index contributed by atoms with van der Waals surface area (Å²) in [6.45, 7) is 6.49. The summed E-state index contributed by atoms with van der Waals surface area (Å²) in [7, 11) is -3.22. The van der Waals surface area contributed by atoms with Crippen LogP contribution in [0.5, 0.6) is 0 Å². The first-order chi connectivity index (χ1) is 19.4. The minimum atomic E-state index is -3.22. The smallest absolute Gasteiger partial charge is 0.319 e. The minimum Gasteiger partial charge on any atom is -0.379 e. The number of rotatable bonds is 8. The maximum absolute atomic E-state index is 13.0. The van der Waals surface area contributed by atoms with Crippen LogP contribution < -0.4 is 10.6 Å². The van der Waals surface area contributed by atoms with E-state index < -0.39 is 10.0 Å². The topological polar surface area (TPSA) is 104 Å². The van der Waals surface area contributed by atoms with Crippen molar-refractivity contribution >= 4 is 32.5 Å². The molecule has 1 saturated carbocycles. The van der Waals surface area contributed by atoms with Gasteiger partial charge in [0.1, 0.15) is 0 Å². The molecule has 2 aliphatic heterocycles. The minimum absolute atomic E-state index is 0.00903. The maximum Gasteiger partial charge on any atom is 0.319 e. The fourth-order valence-electron chi connectivity index (χ4n) is 6.16. The molecule has 3 unspecified atom stereocenters. The highest BCUT2D eigenvalue weighted by Crippen LogP contribution is 2.42. The van der Waals surface area contributed by atoms with E-state index >= 15 is 0 Å². The lowest BCUT2D eigenvalue weighted by Crippen LogP contribution is -2.40. The molecule has 2 saturated heterocycles. The molecule has 9 nitrogen and oxygen atoms in total. The number of urea groups is 1. The summed E-state index contributed by atoms with van der Waals surface area (Å²) in [5.41, 5.74) is 3.87. The molecule has 3 fully saturated rings. The zero-order valence-corrected chi connectivity index (χ0v) is 23.7. The number of nitrogens with zero attached hydrogens (tertiary/aromatic N) is 3. The predicted octanol–water partition coefficient (Wildman–Crippen LogP) is 4.06. The van der Waals surface area contributed by atoms with Crippen LogP contribution in [0.15, 0.2) is 54.7 Å². The number of aromatic nitrogens is 1. The number of pyridine rings is 1. The maximum atomic E-state index is 13.0. The number of fused-ring (bicyclic) bond motifs is 1. The highest BCUT2D eigenvalue weighted by atomic mass is 32.2. The van der Waals surface area contributed by atoms with E-state index in [-0.39, 0.29) is 29.8 Å². The monoisotopic (exact) mass is 563 g/mol. The van der Waals surface area contributed by atoms with Crippen LogP contribution in [0.2, 0.25) is 0 Å². The fraction of sp³-hybridized carbons (Fsp3) is 0.467. The molecule has 2 amide bonds. The van der Waals surface area contributed by atoms with Crippen molar-refractivity contribution in [3.63, 3.8) is 0 Å². The Hall–Kier alpha value is -3.05. The van der Waals surface area contributed by atoms with Gasteiger partial charge in [-0.1, -0.05) is 36.4 Å². The van der Waals surface area contributed by atoms with Crippen molar-refractivity contribution in [2.75, 3.05) is 43.9 Å². The van der Waals surface area contributed by atoms with Gasteiger partial charge in [0.15, 0.2) is 0 Å². The Morgan fingerprint density at radius 1 is 1.05 bits per heavy atom. The van der Waals surface area contributed by atoms with Gasteiger partial charge in [-0.05, 0) is 55.2 Å². The van der Waals surface area contributed by atoms with Crippen LogP contribution in [-0.2, 0) is 21.3 Å². The lowest BCUT2D eigenvalue weighted by molar-refractivity contribution is 0.0336. The summed E-state index contributed by atoms with van der Waals surface area (Å²) in [6.07, 6.45) is 4.47. The number of carbonyl (C=O) groups is 1. The lowest BCUT2D eigenvalue weighted by atomic mass is 9.98. The van der Waals surface area contributed by atoms with Crippen molar-refractivity contribution in [3.05, 3.63) is 60.4 Å². The molecule has 3 aliphatic rings. The van der Waals surface area contributed by atoms with Gasteiger partial charge in [0.25, 0.3) is 0 Å². The molecular formula is C30H37N5O4S. The van der Waals surface area contributed by atoms with Crippen LogP contribution in [0.3, 0.4) is 0 Å². The third kappa shape index (κ3) is 5.72. The molecule has 1 aromatic heterocycles. The molecule has 1 aliphatic carbocycles. The zero-order valence-electron chi connectivity index (χ0n) is 22.9. The number of amides is 2. The first kappa shape index (κ1) is 27.1. The molecule has 212 valence electrons. The van der Waals surface area contributed by atoms with E-state index in [2.05, 4.69) is 33.7 Å². The molecule has 3 heterocycles. The van der Waals surface area contributed by atoms with Crippen LogP contribution in [0, 0.1) is 5.92 Å². The average molecular weight is 564 g/mol. The number of sulfonamides is 1. The number of carbonyl (C=O) groups excluding carboxylic acids is 1. The van der Waals surface area contributed by atoms with Crippen molar-refractivity contribution in [1.82, 2.24) is 19.5 Å². The molecule has 3 aromatic rings. The first-order valence-electron chi connectivity index (χ1n) is 14.3. The van der Waals surface area contributed by atoms with Crippen molar-refractivity contribution in [3.8, 4) is 11.1 Å². The van der Waals surface area contributed by atoms with Crippen molar-refractivity contribution in [2.24, 2.45) is 5.92 Å². The molecule has 0 bridgehead atoms. The molecule has 2 N–H and O–H groups in total. The van der Waals surface area contributed by atoms with E-state index in [0.717, 1.165) is 85.4 Å². The van der Waals surface area contributed by atoms with Gasteiger partial charge in [0.05, 0.1) is 30.3 Å². The number of morpholine rings is 1. The number of ether oxygens (including phenoxy) is 1. The molecule has 0 radical (unpaired) electrons. The predicted molar refractivity (Wildman–Crippen MR) is 157 cm³/mol. The van der Waals surface area contributed by atoms with E-state index in [1.165, 1.54) is 0 Å². The second-order valence-corrected chi connectivity index (χ2v) is 13.2. The third-order valence-electron chi connectivity index (χ3n) is 8.42. The third-order valence-corrected chi connectivity index (χ3v) is 10.3. The van der Waals surface area contributed by atoms with Crippen LogP contribution >= 0.6 is 0 Å². The fourth-order valence-corrected chi connectivity index (χ4v) is 7.58. The van der Waals surface area contributed by atoms with E-state index in [1.807, 2.05) is 36.5 Å². The van der Waals surface area contributed by atoms with E-state index in [9.17, 15) is 13.2 Å². The molecule has 0 spiro atoms. The standard InChI is InChI=1S/C30H37N5O4S/c1-2-40(37,38)35-13-5-8-29(35)26-18-28(26)33-30(36)32-27-12-11-23(24-6-3-4-7-25(24)27)21-9-10-22(31-19-21)20-34-14-16-39-17-15-34/h3-4,6-7,9-12,19,26,28-29H,2,5,8,13-18,20H2,1H3,(H2,32,33,36). The Balaban J connectivity index is 1.13. The second-order valence-electron chi connectivity index (χ2n) is 11.0. The van der Waals surface area contributed by atoms with Crippen LogP contribution in [0.4, 0.5) is 10.5 Å². The molecule has 2 aromatic carbocycles. The van der Waals surface area contributed by atoms with E-state index in [4.69, 9.17) is 9.72 Å². The van der Waals surface area contributed by atoms with Crippen LogP contribution in [-0.4, -0.2) is 79.3 Å². The van der Waals surface area contributed by atoms with Gasteiger partial charge >= 0.3 is 6.03 Å². The van der Waals surface area contributed by atoms with Gasteiger partial charge in [-0.15, -0.1) is 0 Å². The lowest BCUT2D eigenvalue weighted by Gasteiger charge is -2.26. The summed E-state index contributed by atoms with van der Waals surface area (Å²) in [5.74, 6) is 0.291. The van der Waals surface area contributed by atoms with Crippen molar-refractivity contribution in [2.45, 2.75) is 44.8 Å². The largest absolute Gasteiger partial charge is 0.379 e. The van der Waals surface area contributed by atoms with Crippen molar-refractivity contribution in [1.29, 1.82) is 0 Å². The first-order valence-corrected chi connectivity index (χ1v) is 15.9. The summed E-state index contributed by atoms with van der Waals surface area (Å²) in [5, 5.41) is 8.11. The van der Waals surface area contributed by atoms with Gasteiger partial charge in [0, 0.05) is 55.4 Å².